The van der Waals surface area contributed by atoms with Crippen LogP contribution in [0, 0.1) is 6.92 Å². The minimum atomic E-state index is -1.23. The number of thiophene rings is 1. The van der Waals surface area contributed by atoms with E-state index in [1.807, 2.05) is 0 Å². The smallest absolute Gasteiger partial charge is 0.348 e. The van der Waals surface area contributed by atoms with Gasteiger partial charge in [-0.3, -0.25) is 9.59 Å². The summed E-state index contributed by atoms with van der Waals surface area (Å²) in [7, 11) is 0. The summed E-state index contributed by atoms with van der Waals surface area (Å²) in [6.07, 6.45) is -1.23. The van der Waals surface area contributed by atoms with Gasteiger partial charge in [-0.15, -0.1) is 11.3 Å². The topological polar surface area (TPSA) is 108 Å². The monoisotopic (exact) mass is 433 g/mol. The molecule has 0 aliphatic heterocycles. The second-order valence-electron chi connectivity index (χ2n) is 6.09. The van der Waals surface area contributed by atoms with Crippen LogP contribution in [0.25, 0.3) is 0 Å². The van der Waals surface area contributed by atoms with E-state index in [4.69, 9.17) is 14.2 Å². The first-order valence-corrected chi connectivity index (χ1v) is 10.1. The standard InChI is InChI=1S/C21H23NO7S/c1-5-27-20(25)15-12(3)17(21(26)28-6-2)30-19(15)22-18(24)16(29-13(4)23)14-10-8-7-9-11-14/h7-11,16H,5-6H2,1-4H3,(H,22,24)/t16-/m1/s1. The molecule has 0 aliphatic carbocycles. The molecule has 0 saturated carbocycles. The van der Waals surface area contributed by atoms with E-state index < -0.39 is 29.9 Å². The maximum Gasteiger partial charge on any atom is 0.348 e. The second kappa shape index (κ2) is 10.5. The van der Waals surface area contributed by atoms with Gasteiger partial charge in [-0.05, 0) is 26.3 Å². The summed E-state index contributed by atoms with van der Waals surface area (Å²) in [6.45, 7) is 6.37. The van der Waals surface area contributed by atoms with Gasteiger partial charge in [0.25, 0.3) is 5.91 Å². The number of benzene rings is 1. The molecule has 1 amide bonds. The van der Waals surface area contributed by atoms with Crippen molar-refractivity contribution in [3.8, 4) is 0 Å². The van der Waals surface area contributed by atoms with Crippen LogP contribution in [-0.4, -0.2) is 37.0 Å². The lowest BCUT2D eigenvalue weighted by molar-refractivity contribution is -0.152. The van der Waals surface area contributed by atoms with Gasteiger partial charge in [0.2, 0.25) is 6.10 Å². The van der Waals surface area contributed by atoms with Gasteiger partial charge in [-0.25, -0.2) is 9.59 Å². The molecule has 0 aliphatic rings. The fraction of sp³-hybridized carbons (Fsp3) is 0.333. The Hall–Kier alpha value is -3.20. The van der Waals surface area contributed by atoms with Crippen LogP contribution < -0.4 is 5.32 Å². The van der Waals surface area contributed by atoms with Crippen LogP contribution in [0.5, 0.6) is 0 Å². The van der Waals surface area contributed by atoms with Gasteiger partial charge in [0, 0.05) is 12.5 Å². The minimum Gasteiger partial charge on any atom is -0.462 e. The number of nitrogens with one attached hydrogen (secondary N) is 1. The first-order chi connectivity index (χ1) is 14.3. The van der Waals surface area contributed by atoms with Crippen molar-refractivity contribution in [3.63, 3.8) is 0 Å². The van der Waals surface area contributed by atoms with Crippen molar-refractivity contribution < 1.29 is 33.4 Å². The van der Waals surface area contributed by atoms with E-state index in [9.17, 15) is 19.2 Å². The van der Waals surface area contributed by atoms with E-state index in [1.165, 1.54) is 6.92 Å². The first kappa shape index (κ1) is 23.1. The van der Waals surface area contributed by atoms with Crippen LogP contribution in [0.4, 0.5) is 5.00 Å². The van der Waals surface area contributed by atoms with Crippen LogP contribution in [0.15, 0.2) is 30.3 Å². The van der Waals surface area contributed by atoms with Crippen molar-refractivity contribution in [1.82, 2.24) is 0 Å². The molecule has 9 heteroatoms. The third-order valence-electron chi connectivity index (χ3n) is 3.95. The maximum absolute atomic E-state index is 12.9. The van der Waals surface area contributed by atoms with Crippen molar-refractivity contribution in [2.24, 2.45) is 0 Å². The highest BCUT2D eigenvalue weighted by molar-refractivity contribution is 7.18. The predicted octanol–water partition coefficient (Wildman–Crippen LogP) is 3.65. The Morgan fingerprint density at radius 1 is 1.00 bits per heavy atom. The number of carbonyl (C=O) groups is 4. The van der Waals surface area contributed by atoms with E-state index in [-0.39, 0.29) is 28.7 Å². The van der Waals surface area contributed by atoms with E-state index in [0.717, 1.165) is 11.3 Å². The number of anilines is 1. The van der Waals surface area contributed by atoms with Crippen LogP contribution >= 0.6 is 11.3 Å². The van der Waals surface area contributed by atoms with Crippen molar-refractivity contribution >= 4 is 40.2 Å². The Kier molecular flexibility index (Phi) is 8.11. The van der Waals surface area contributed by atoms with Crippen LogP contribution in [0.1, 0.15) is 58.0 Å². The molecule has 1 aromatic carbocycles. The van der Waals surface area contributed by atoms with Crippen molar-refractivity contribution in [3.05, 3.63) is 51.9 Å². The lowest BCUT2D eigenvalue weighted by Gasteiger charge is -2.17. The molecule has 160 valence electrons. The summed E-state index contributed by atoms with van der Waals surface area (Å²) in [6, 6.07) is 8.46. The molecule has 0 fully saturated rings. The molecule has 2 rings (SSSR count). The lowest BCUT2D eigenvalue weighted by atomic mass is 10.1. The molecule has 0 radical (unpaired) electrons. The maximum atomic E-state index is 12.9. The SMILES string of the molecule is CCOC(=O)c1sc(NC(=O)[C@H](OC(C)=O)c2ccccc2)c(C(=O)OCC)c1C. The quantitative estimate of drug-likeness (QED) is 0.500. The molecular weight excluding hydrogens is 410 g/mol. The highest BCUT2D eigenvalue weighted by atomic mass is 32.1. The number of carbonyl (C=O) groups excluding carboxylic acids is 4. The van der Waals surface area contributed by atoms with Gasteiger partial charge in [0.15, 0.2) is 0 Å². The van der Waals surface area contributed by atoms with Crippen molar-refractivity contribution in [2.75, 3.05) is 18.5 Å². The second-order valence-corrected chi connectivity index (χ2v) is 7.11. The molecule has 1 heterocycles. The molecule has 0 unspecified atom stereocenters. The zero-order chi connectivity index (χ0) is 22.3. The normalized spacial score (nSPS) is 11.3. The Bertz CT molecular complexity index is 936. The fourth-order valence-corrected chi connectivity index (χ4v) is 3.78. The number of ether oxygens (including phenoxy) is 3. The average Bonchev–Trinajstić information content (AvgIpc) is 3.03. The molecule has 8 nitrogen and oxygen atoms in total. The number of esters is 3. The summed E-state index contributed by atoms with van der Waals surface area (Å²) >= 11 is 0.900. The molecular formula is C21H23NO7S. The highest BCUT2D eigenvalue weighted by Gasteiger charge is 2.30. The van der Waals surface area contributed by atoms with Crippen molar-refractivity contribution in [2.45, 2.75) is 33.8 Å². The third kappa shape index (κ3) is 5.44. The number of hydrogen-bond acceptors (Lipinski definition) is 8. The van der Waals surface area contributed by atoms with Gasteiger partial charge in [0.05, 0.1) is 18.8 Å². The van der Waals surface area contributed by atoms with Gasteiger partial charge in [0.1, 0.15) is 9.88 Å². The summed E-state index contributed by atoms with van der Waals surface area (Å²) in [5.41, 5.74) is 0.866. The fourth-order valence-electron chi connectivity index (χ4n) is 2.69. The highest BCUT2D eigenvalue weighted by Crippen LogP contribution is 2.35. The molecule has 0 saturated heterocycles. The van der Waals surface area contributed by atoms with E-state index >= 15 is 0 Å². The molecule has 0 spiro atoms. The molecule has 0 bridgehead atoms. The Morgan fingerprint density at radius 3 is 2.17 bits per heavy atom. The summed E-state index contributed by atoms with van der Waals surface area (Å²) in [4.78, 5) is 49.4. The first-order valence-electron chi connectivity index (χ1n) is 9.30. The molecule has 2 aromatic rings. The number of rotatable bonds is 8. The van der Waals surface area contributed by atoms with Crippen LogP contribution in [-0.2, 0) is 23.8 Å². The van der Waals surface area contributed by atoms with Gasteiger partial charge in [-0.1, -0.05) is 30.3 Å². The third-order valence-corrected chi connectivity index (χ3v) is 5.14. The van der Waals surface area contributed by atoms with E-state index in [1.54, 1.807) is 51.1 Å². The van der Waals surface area contributed by atoms with Crippen LogP contribution in [0.3, 0.4) is 0 Å². The van der Waals surface area contributed by atoms with Crippen LogP contribution in [0.2, 0.25) is 0 Å². The zero-order valence-corrected chi connectivity index (χ0v) is 18.0. The molecule has 1 aromatic heterocycles. The summed E-state index contributed by atoms with van der Waals surface area (Å²) < 4.78 is 15.3. The Morgan fingerprint density at radius 2 is 1.60 bits per heavy atom. The largest absolute Gasteiger partial charge is 0.462 e. The zero-order valence-electron chi connectivity index (χ0n) is 17.1. The van der Waals surface area contributed by atoms with Gasteiger partial charge in [-0.2, -0.15) is 0 Å². The van der Waals surface area contributed by atoms with Crippen molar-refractivity contribution in [1.29, 1.82) is 0 Å². The van der Waals surface area contributed by atoms with E-state index in [2.05, 4.69) is 5.32 Å². The summed E-state index contributed by atoms with van der Waals surface area (Å²) in [5.74, 6) is -2.59. The molecule has 30 heavy (non-hydrogen) atoms. The Balaban J connectivity index is 2.44. The summed E-state index contributed by atoms with van der Waals surface area (Å²) in [5, 5.41) is 2.72. The number of amides is 1. The minimum absolute atomic E-state index is 0.0629. The molecule has 1 atom stereocenters. The van der Waals surface area contributed by atoms with E-state index in [0.29, 0.717) is 11.1 Å². The van der Waals surface area contributed by atoms with Gasteiger partial charge >= 0.3 is 17.9 Å². The molecule has 1 N–H and O–H groups in total. The van der Waals surface area contributed by atoms with Gasteiger partial charge < -0.3 is 19.5 Å². The number of hydrogen-bond donors (Lipinski definition) is 1. The lowest BCUT2D eigenvalue weighted by Crippen LogP contribution is -2.25. The predicted molar refractivity (Wildman–Crippen MR) is 111 cm³/mol. The average molecular weight is 433 g/mol. The Labute approximate surface area is 178 Å².